The Bertz CT molecular complexity index is 454. The molecule has 3 rings (SSSR count). The van der Waals surface area contributed by atoms with E-state index in [1.54, 1.807) is 0 Å². The Hall–Kier alpha value is -1.71. The smallest absolute Gasteiger partial charge is 0.322 e. The minimum Gasteiger partial charge on any atom is -0.399 e. The van der Waals surface area contributed by atoms with Crippen LogP contribution >= 0.6 is 0 Å². The average Bonchev–Trinajstić information content (AvgIpc) is 3.11. The highest BCUT2D eigenvalue weighted by molar-refractivity contribution is 5.93. The van der Waals surface area contributed by atoms with E-state index < -0.39 is 0 Å². The molecule has 0 atom stereocenters. The molecule has 1 fully saturated rings. The van der Waals surface area contributed by atoms with Crippen LogP contribution in [-0.4, -0.2) is 18.6 Å². The topological polar surface area (TPSA) is 58.4 Å². The van der Waals surface area contributed by atoms with Gasteiger partial charge in [-0.1, -0.05) is 0 Å². The van der Waals surface area contributed by atoms with Gasteiger partial charge in [0.05, 0.1) is 0 Å². The quantitative estimate of drug-likeness (QED) is 0.725. The van der Waals surface area contributed by atoms with Crippen LogP contribution in [0.1, 0.15) is 24.8 Å². The number of hydrogen-bond acceptors (Lipinski definition) is 2. The van der Waals surface area contributed by atoms with Crippen molar-refractivity contribution in [2.45, 2.75) is 31.7 Å². The van der Waals surface area contributed by atoms with Crippen molar-refractivity contribution in [2.24, 2.45) is 0 Å². The number of nitrogens with zero attached hydrogens (tertiary/aromatic N) is 1. The van der Waals surface area contributed by atoms with Crippen LogP contribution in [0.25, 0.3) is 0 Å². The Morgan fingerprint density at radius 3 is 3.00 bits per heavy atom. The number of fused-ring (bicyclic) bond motifs is 1. The van der Waals surface area contributed by atoms with Crippen LogP contribution in [-0.2, 0) is 6.42 Å². The van der Waals surface area contributed by atoms with Crippen LogP contribution in [0.4, 0.5) is 16.2 Å². The Morgan fingerprint density at radius 2 is 2.24 bits per heavy atom. The number of aryl methyl sites for hydroxylation is 1. The molecule has 1 aromatic rings. The van der Waals surface area contributed by atoms with Gasteiger partial charge in [0, 0.05) is 24.0 Å². The molecule has 1 aliphatic carbocycles. The molecule has 1 aliphatic heterocycles. The van der Waals surface area contributed by atoms with Gasteiger partial charge in [0.2, 0.25) is 0 Å². The van der Waals surface area contributed by atoms with Crippen molar-refractivity contribution in [1.82, 2.24) is 5.32 Å². The van der Waals surface area contributed by atoms with Gasteiger partial charge in [0.25, 0.3) is 0 Å². The molecule has 2 amide bonds. The second kappa shape index (κ2) is 3.95. The summed E-state index contributed by atoms with van der Waals surface area (Å²) in [5.41, 5.74) is 8.75. The summed E-state index contributed by atoms with van der Waals surface area (Å²) in [4.78, 5) is 13.9. The molecule has 1 heterocycles. The Morgan fingerprint density at radius 1 is 1.41 bits per heavy atom. The first kappa shape index (κ1) is 10.4. The zero-order valence-electron chi connectivity index (χ0n) is 9.78. The highest BCUT2D eigenvalue weighted by Gasteiger charge is 2.28. The standard InChI is InChI=1S/C13H17N3O/c14-10-3-6-12-9(8-10)2-1-7-16(12)13(17)15-11-4-5-11/h3,6,8,11H,1-2,4-5,7,14H2,(H,15,17). The van der Waals surface area contributed by atoms with E-state index in [0.29, 0.717) is 6.04 Å². The van der Waals surface area contributed by atoms with Crippen molar-refractivity contribution < 1.29 is 4.79 Å². The molecule has 0 aromatic heterocycles. The zero-order chi connectivity index (χ0) is 11.8. The van der Waals surface area contributed by atoms with Crippen molar-refractivity contribution in [3.8, 4) is 0 Å². The van der Waals surface area contributed by atoms with Crippen LogP contribution in [0.5, 0.6) is 0 Å². The lowest BCUT2D eigenvalue weighted by atomic mass is 10.0. The number of rotatable bonds is 1. The number of hydrogen-bond donors (Lipinski definition) is 2. The highest BCUT2D eigenvalue weighted by Crippen LogP contribution is 2.29. The van der Waals surface area contributed by atoms with Crippen molar-refractivity contribution in [1.29, 1.82) is 0 Å². The van der Waals surface area contributed by atoms with Crippen molar-refractivity contribution in [3.63, 3.8) is 0 Å². The number of nitrogen functional groups attached to an aromatic ring is 1. The Labute approximate surface area is 101 Å². The molecule has 0 radical (unpaired) electrons. The van der Waals surface area contributed by atoms with Crippen molar-refractivity contribution >= 4 is 17.4 Å². The lowest BCUT2D eigenvalue weighted by Gasteiger charge is -2.29. The number of anilines is 2. The first-order valence-corrected chi connectivity index (χ1v) is 6.20. The largest absolute Gasteiger partial charge is 0.399 e. The molecule has 0 bridgehead atoms. The maximum absolute atomic E-state index is 12.1. The molecule has 2 aliphatic rings. The zero-order valence-corrected chi connectivity index (χ0v) is 9.78. The lowest BCUT2D eigenvalue weighted by Crippen LogP contribution is -2.43. The van der Waals surface area contributed by atoms with E-state index in [9.17, 15) is 4.79 Å². The fourth-order valence-corrected chi connectivity index (χ4v) is 2.31. The van der Waals surface area contributed by atoms with Gasteiger partial charge in [-0.2, -0.15) is 0 Å². The van der Waals surface area contributed by atoms with E-state index in [4.69, 9.17) is 5.73 Å². The number of nitrogens with two attached hydrogens (primary N) is 1. The van der Waals surface area contributed by atoms with E-state index in [0.717, 1.165) is 43.6 Å². The minimum atomic E-state index is 0.0400. The summed E-state index contributed by atoms with van der Waals surface area (Å²) in [7, 11) is 0. The molecule has 90 valence electrons. The molecule has 17 heavy (non-hydrogen) atoms. The van der Waals surface area contributed by atoms with Crippen molar-refractivity contribution in [3.05, 3.63) is 23.8 Å². The number of amides is 2. The number of nitrogens with one attached hydrogen (secondary N) is 1. The third-order valence-corrected chi connectivity index (χ3v) is 3.37. The first-order valence-electron chi connectivity index (χ1n) is 6.20. The van der Waals surface area contributed by atoms with Crippen LogP contribution in [0, 0.1) is 0 Å². The summed E-state index contributed by atoms with van der Waals surface area (Å²) in [5.74, 6) is 0. The molecular formula is C13H17N3O. The molecule has 3 N–H and O–H groups in total. The van der Waals surface area contributed by atoms with E-state index >= 15 is 0 Å². The number of carbonyl (C=O) groups is 1. The SMILES string of the molecule is Nc1ccc2c(c1)CCCN2C(=O)NC1CC1. The molecule has 4 heteroatoms. The van der Waals surface area contributed by atoms with Gasteiger partial charge in [-0.3, -0.25) is 4.90 Å². The maximum atomic E-state index is 12.1. The second-order valence-corrected chi connectivity index (χ2v) is 4.87. The van der Waals surface area contributed by atoms with Gasteiger partial charge in [0.15, 0.2) is 0 Å². The second-order valence-electron chi connectivity index (χ2n) is 4.87. The Balaban J connectivity index is 1.85. The molecule has 4 nitrogen and oxygen atoms in total. The van der Waals surface area contributed by atoms with E-state index in [2.05, 4.69) is 5.32 Å². The third-order valence-electron chi connectivity index (χ3n) is 3.37. The summed E-state index contributed by atoms with van der Waals surface area (Å²) in [6.45, 7) is 0.801. The fraction of sp³-hybridized carbons (Fsp3) is 0.462. The van der Waals surface area contributed by atoms with E-state index in [-0.39, 0.29) is 6.03 Å². The highest BCUT2D eigenvalue weighted by atomic mass is 16.2. The van der Waals surface area contributed by atoms with Gasteiger partial charge in [-0.05, 0) is 49.4 Å². The van der Waals surface area contributed by atoms with Crippen LogP contribution in [0.2, 0.25) is 0 Å². The summed E-state index contributed by atoms with van der Waals surface area (Å²) < 4.78 is 0. The van der Waals surface area contributed by atoms with E-state index in [1.165, 1.54) is 5.56 Å². The Kier molecular flexibility index (Phi) is 2.42. The lowest BCUT2D eigenvalue weighted by molar-refractivity contribution is 0.245. The predicted molar refractivity (Wildman–Crippen MR) is 68.1 cm³/mol. The van der Waals surface area contributed by atoms with Gasteiger partial charge in [-0.15, -0.1) is 0 Å². The van der Waals surface area contributed by atoms with Crippen LogP contribution < -0.4 is 16.0 Å². The molecule has 0 unspecified atom stereocenters. The first-order chi connectivity index (χ1) is 8.24. The third kappa shape index (κ3) is 2.07. The molecule has 0 spiro atoms. The summed E-state index contributed by atoms with van der Waals surface area (Å²) in [6.07, 6.45) is 4.25. The number of benzene rings is 1. The van der Waals surface area contributed by atoms with Gasteiger partial charge in [-0.25, -0.2) is 4.79 Å². The molecule has 1 saturated carbocycles. The van der Waals surface area contributed by atoms with Gasteiger partial charge in [0.1, 0.15) is 0 Å². The average molecular weight is 231 g/mol. The van der Waals surface area contributed by atoms with Crippen molar-refractivity contribution in [2.75, 3.05) is 17.2 Å². The van der Waals surface area contributed by atoms with E-state index in [1.807, 2.05) is 23.1 Å². The molecule has 0 saturated heterocycles. The summed E-state index contributed by atoms with van der Waals surface area (Å²) in [6, 6.07) is 6.24. The minimum absolute atomic E-state index is 0.0400. The predicted octanol–water partition coefficient (Wildman–Crippen LogP) is 1.89. The van der Waals surface area contributed by atoms with Crippen LogP contribution in [0.3, 0.4) is 0 Å². The monoisotopic (exact) mass is 231 g/mol. The number of carbonyl (C=O) groups excluding carboxylic acids is 1. The van der Waals surface area contributed by atoms with Gasteiger partial charge >= 0.3 is 6.03 Å². The molecule has 1 aromatic carbocycles. The molecular weight excluding hydrogens is 214 g/mol. The summed E-state index contributed by atoms with van der Waals surface area (Å²) >= 11 is 0. The maximum Gasteiger partial charge on any atom is 0.322 e. The fourth-order valence-electron chi connectivity index (χ4n) is 2.31. The number of urea groups is 1. The van der Waals surface area contributed by atoms with Crippen LogP contribution in [0.15, 0.2) is 18.2 Å². The normalized spacial score (nSPS) is 18.7. The van der Waals surface area contributed by atoms with Gasteiger partial charge < -0.3 is 11.1 Å². The summed E-state index contributed by atoms with van der Waals surface area (Å²) in [5, 5.41) is 3.03.